The fraction of sp³-hybridized carbons (Fsp3) is 0.127. The molecule has 0 N–H and O–H groups in total. The SMILES string of the molecule is CC1(C)c2ccccc2-c2ccc(N(c3ccc4c(c3)C(C)(C)c3ccccc3-4)c3ccccc3C3(c4ccccc4)c4ccccc4-c4ccccc43)cc21. The summed E-state index contributed by atoms with van der Waals surface area (Å²) in [6.07, 6.45) is 0. The Labute approximate surface area is 330 Å². The summed E-state index contributed by atoms with van der Waals surface area (Å²) in [6, 6.07) is 70.8. The van der Waals surface area contributed by atoms with E-state index in [4.69, 9.17) is 0 Å². The van der Waals surface area contributed by atoms with Gasteiger partial charge >= 0.3 is 0 Å². The molecule has 0 spiro atoms. The topological polar surface area (TPSA) is 3.24 Å². The normalized spacial score (nSPS) is 15.6. The second kappa shape index (κ2) is 11.8. The maximum absolute atomic E-state index is 2.56. The molecule has 3 aliphatic carbocycles. The van der Waals surface area contributed by atoms with Crippen LogP contribution in [0.15, 0.2) is 188 Å². The first kappa shape index (κ1) is 32.9. The van der Waals surface area contributed by atoms with E-state index in [1.54, 1.807) is 0 Å². The van der Waals surface area contributed by atoms with E-state index in [9.17, 15) is 0 Å². The first-order valence-corrected chi connectivity index (χ1v) is 19.9. The van der Waals surface area contributed by atoms with Gasteiger partial charge in [-0.1, -0.05) is 185 Å². The van der Waals surface area contributed by atoms with E-state index in [-0.39, 0.29) is 10.8 Å². The van der Waals surface area contributed by atoms with Crippen LogP contribution in [0.2, 0.25) is 0 Å². The highest BCUT2D eigenvalue weighted by atomic mass is 15.1. The van der Waals surface area contributed by atoms with Gasteiger partial charge in [-0.25, -0.2) is 0 Å². The van der Waals surface area contributed by atoms with Gasteiger partial charge in [0.25, 0.3) is 0 Å². The molecule has 8 aromatic rings. The van der Waals surface area contributed by atoms with Gasteiger partial charge in [0.1, 0.15) is 0 Å². The number of nitrogens with zero attached hydrogens (tertiary/aromatic N) is 1. The van der Waals surface area contributed by atoms with Crippen molar-refractivity contribution < 1.29 is 0 Å². The second-order valence-electron chi connectivity index (χ2n) is 16.9. The molecule has 0 aliphatic heterocycles. The number of fused-ring (bicyclic) bond motifs is 9. The summed E-state index contributed by atoms with van der Waals surface area (Å²) in [7, 11) is 0. The quantitative estimate of drug-likeness (QED) is 0.171. The van der Waals surface area contributed by atoms with Crippen LogP contribution in [0.5, 0.6) is 0 Å². The summed E-state index contributed by atoms with van der Waals surface area (Å²) < 4.78 is 0. The number of benzene rings is 8. The molecule has 3 aliphatic rings. The molecule has 0 heterocycles. The monoisotopic (exact) mass is 717 g/mol. The lowest BCUT2D eigenvalue weighted by Crippen LogP contribution is -2.30. The van der Waals surface area contributed by atoms with Crippen molar-refractivity contribution in [1.29, 1.82) is 0 Å². The van der Waals surface area contributed by atoms with Gasteiger partial charge in [0.05, 0.1) is 11.1 Å². The number of hydrogen-bond acceptors (Lipinski definition) is 1. The lowest BCUT2D eigenvalue weighted by atomic mass is 9.67. The van der Waals surface area contributed by atoms with Gasteiger partial charge in [0.15, 0.2) is 0 Å². The molecule has 11 rings (SSSR count). The number of para-hydroxylation sites is 1. The maximum atomic E-state index is 2.56. The molecular weight excluding hydrogens is 675 g/mol. The Morgan fingerprint density at radius 3 is 1.14 bits per heavy atom. The zero-order valence-electron chi connectivity index (χ0n) is 32.3. The molecule has 1 heteroatoms. The van der Waals surface area contributed by atoms with Gasteiger partial charge in [0.2, 0.25) is 0 Å². The lowest BCUT2D eigenvalue weighted by Gasteiger charge is -2.38. The molecule has 268 valence electrons. The largest absolute Gasteiger partial charge is 0.310 e. The number of rotatable bonds is 5. The van der Waals surface area contributed by atoms with E-state index >= 15 is 0 Å². The average molecular weight is 718 g/mol. The summed E-state index contributed by atoms with van der Waals surface area (Å²) in [5, 5.41) is 0. The molecule has 0 aromatic heterocycles. The highest BCUT2D eigenvalue weighted by Crippen LogP contribution is 2.60. The van der Waals surface area contributed by atoms with E-state index in [1.807, 2.05) is 0 Å². The second-order valence-corrected chi connectivity index (χ2v) is 16.9. The van der Waals surface area contributed by atoms with Crippen LogP contribution in [0.4, 0.5) is 17.1 Å². The van der Waals surface area contributed by atoms with Crippen molar-refractivity contribution >= 4 is 17.1 Å². The van der Waals surface area contributed by atoms with Gasteiger partial charge in [0, 0.05) is 22.2 Å². The van der Waals surface area contributed by atoms with Gasteiger partial charge in [-0.15, -0.1) is 0 Å². The van der Waals surface area contributed by atoms with E-state index in [0.717, 1.165) is 11.4 Å². The average Bonchev–Trinajstić information content (AvgIpc) is 3.76. The number of hydrogen-bond donors (Lipinski definition) is 0. The van der Waals surface area contributed by atoms with Gasteiger partial charge in [-0.3, -0.25) is 0 Å². The van der Waals surface area contributed by atoms with E-state index in [0.29, 0.717) is 0 Å². The van der Waals surface area contributed by atoms with Gasteiger partial charge in [-0.05, 0) is 108 Å². The smallest absolute Gasteiger partial charge is 0.0733 e. The van der Waals surface area contributed by atoms with Crippen molar-refractivity contribution in [1.82, 2.24) is 0 Å². The van der Waals surface area contributed by atoms with E-state index in [2.05, 4.69) is 221 Å². The third-order valence-corrected chi connectivity index (χ3v) is 13.4. The summed E-state index contributed by atoms with van der Waals surface area (Å²) in [4.78, 5) is 2.56. The molecule has 56 heavy (non-hydrogen) atoms. The molecule has 0 saturated carbocycles. The number of anilines is 3. The van der Waals surface area contributed by atoms with Crippen molar-refractivity contribution in [3.63, 3.8) is 0 Å². The molecule has 0 amide bonds. The summed E-state index contributed by atoms with van der Waals surface area (Å²) in [5.41, 5.74) is 21.2. The van der Waals surface area contributed by atoms with Crippen LogP contribution < -0.4 is 4.90 Å². The first-order valence-electron chi connectivity index (χ1n) is 19.9. The van der Waals surface area contributed by atoms with Crippen molar-refractivity contribution in [3.8, 4) is 33.4 Å². The molecule has 0 saturated heterocycles. The fourth-order valence-electron chi connectivity index (χ4n) is 10.8. The van der Waals surface area contributed by atoms with Crippen LogP contribution in [-0.2, 0) is 16.2 Å². The van der Waals surface area contributed by atoms with E-state index in [1.165, 1.54) is 83.6 Å². The Kier molecular flexibility index (Phi) is 6.93. The Balaban J connectivity index is 1.22. The third-order valence-electron chi connectivity index (χ3n) is 13.4. The van der Waals surface area contributed by atoms with Crippen LogP contribution in [-0.4, -0.2) is 0 Å². The van der Waals surface area contributed by atoms with Crippen LogP contribution in [0.3, 0.4) is 0 Å². The minimum atomic E-state index is -0.554. The fourth-order valence-corrected chi connectivity index (χ4v) is 10.8. The third kappa shape index (κ3) is 4.32. The van der Waals surface area contributed by atoms with Crippen molar-refractivity contribution in [2.24, 2.45) is 0 Å². The molecule has 0 fully saturated rings. The van der Waals surface area contributed by atoms with Crippen molar-refractivity contribution in [3.05, 3.63) is 233 Å². The predicted octanol–water partition coefficient (Wildman–Crippen LogP) is 14.1. The van der Waals surface area contributed by atoms with Crippen molar-refractivity contribution in [2.45, 2.75) is 43.9 Å². The minimum absolute atomic E-state index is 0.136. The first-order chi connectivity index (χ1) is 27.3. The van der Waals surface area contributed by atoms with Gasteiger partial charge < -0.3 is 4.90 Å². The van der Waals surface area contributed by atoms with Crippen LogP contribution >= 0.6 is 0 Å². The molecular formula is C55H43N. The highest BCUT2D eigenvalue weighted by Gasteiger charge is 2.48. The minimum Gasteiger partial charge on any atom is -0.310 e. The lowest BCUT2D eigenvalue weighted by molar-refractivity contribution is 0.660. The van der Waals surface area contributed by atoms with Crippen LogP contribution in [0, 0.1) is 0 Å². The molecule has 0 bridgehead atoms. The summed E-state index contributed by atoms with van der Waals surface area (Å²) in [6.45, 7) is 9.52. The summed E-state index contributed by atoms with van der Waals surface area (Å²) >= 11 is 0. The Hall–Kier alpha value is -6.44. The van der Waals surface area contributed by atoms with Crippen molar-refractivity contribution in [2.75, 3.05) is 4.90 Å². The summed E-state index contributed by atoms with van der Waals surface area (Å²) in [5.74, 6) is 0. The molecule has 8 aromatic carbocycles. The van der Waals surface area contributed by atoms with Crippen LogP contribution in [0.25, 0.3) is 33.4 Å². The molecule has 0 radical (unpaired) electrons. The zero-order chi connectivity index (χ0) is 37.8. The Morgan fingerprint density at radius 1 is 0.304 bits per heavy atom. The molecule has 0 atom stereocenters. The Morgan fingerprint density at radius 2 is 0.661 bits per heavy atom. The van der Waals surface area contributed by atoms with E-state index < -0.39 is 5.41 Å². The van der Waals surface area contributed by atoms with Gasteiger partial charge in [-0.2, -0.15) is 0 Å². The Bertz CT molecular complexity index is 2720. The predicted molar refractivity (Wildman–Crippen MR) is 234 cm³/mol. The molecule has 1 nitrogen and oxygen atoms in total. The maximum Gasteiger partial charge on any atom is 0.0733 e. The highest BCUT2D eigenvalue weighted by molar-refractivity contribution is 5.92. The molecule has 0 unspecified atom stereocenters. The standard InChI is InChI=1S/C55H43N/c1-53(2)45-24-12-8-20-39(45)43-32-30-37(34-50(43)53)56(38-31-33-44-40-21-9-13-25-46(40)54(3,4)51(44)35-38)52-29-17-16-28-49(52)55(36-18-6-5-7-19-36)47-26-14-10-22-41(47)42-23-11-15-27-48(42)55/h5-35H,1-4H3. The van der Waals surface area contributed by atoms with Crippen LogP contribution in [0.1, 0.15) is 72.2 Å². The zero-order valence-corrected chi connectivity index (χ0v) is 32.3.